The summed E-state index contributed by atoms with van der Waals surface area (Å²) in [5.41, 5.74) is 2.95. The van der Waals surface area contributed by atoms with E-state index in [1.807, 2.05) is 6.20 Å². The first-order valence-corrected chi connectivity index (χ1v) is 11.5. The molecule has 0 spiro atoms. The smallest absolute Gasteiger partial charge is 0.191 e. The summed E-state index contributed by atoms with van der Waals surface area (Å²) < 4.78 is 50.4. The molecule has 0 aliphatic heterocycles. The van der Waals surface area contributed by atoms with Gasteiger partial charge in [-0.3, -0.25) is 4.99 Å². The third-order valence-corrected chi connectivity index (χ3v) is 5.51. The van der Waals surface area contributed by atoms with Crippen molar-refractivity contribution in [2.75, 3.05) is 19.8 Å². The molecule has 0 aliphatic carbocycles. The van der Waals surface area contributed by atoms with Gasteiger partial charge in [-0.25, -0.2) is 17.2 Å². The molecule has 0 aliphatic rings. The number of sulfone groups is 1. The highest BCUT2D eigenvalue weighted by molar-refractivity contribution is 14.0. The highest BCUT2D eigenvalue weighted by Gasteiger charge is 2.11. The summed E-state index contributed by atoms with van der Waals surface area (Å²) in [4.78, 5) is 7.26. The Bertz CT molecular complexity index is 1180. The summed E-state index contributed by atoms with van der Waals surface area (Å²) in [6, 6.07) is 8.68. The van der Waals surface area contributed by atoms with Crippen LogP contribution in [0.25, 0.3) is 10.9 Å². The van der Waals surface area contributed by atoms with Crippen LogP contribution in [-0.4, -0.2) is 39.2 Å². The molecule has 3 aromatic rings. The lowest BCUT2D eigenvalue weighted by molar-refractivity contribution is 0.599. The van der Waals surface area contributed by atoms with Crippen molar-refractivity contribution < 1.29 is 17.2 Å². The zero-order chi connectivity index (χ0) is 21.7. The Labute approximate surface area is 197 Å². The van der Waals surface area contributed by atoms with Gasteiger partial charge in [0.2, 0.25) is 0 Å². The number of rotatable bonds is 7. The van der Waals surface area contributed by atoms with Crippen LogP contribution in [0.5, 0.6) is 0 Å². The SMILES string of the molecule is CN=C(NCCc1c[nH]c2ccc(F)cc12)NCc1cc(F)ccc1CS(C)(=O)=O.I. The highest BCUT2D eigenvalue weighted by Crippen LogP contribution is 2.19. The second-order valence-corrected chi connectivity index (χ2v) is 9.23. The number of nitrogens with one attached hydrogen (secondary N) is 3. The van der Waals surface area contributed by atoms with Crippen LogP contribution in [0.3, 0.4) is 0 Å². The maximum atomic E-state index is 13.6. The number of hydrogen-bond donors (Lipinski definition) is 3. The molecule has 0 fully saturated rings. The number of nitrogens with zero attached hydrogens (tertiary/aromatic N) is 1. The van der Waals surface area contributed by atoms with Crippen LogP contribution in [0, 0.1) is 11.6 Å². The molecule has 6 nitrogen and oxygen atoms in total. The van der Waals surface area contributed by atoms with E-state index in [-0.39, 0.29) is 42.1 Å². The van der Waals surface area contributed by atoms with Crippen molar-refractivity contribution in [2.45, 2.75) is 18.7 Å². The minimum absolute atomic E-state index is 0. The number of guanidine groups is 1. The van der Waals surface area contributed by atoms with E-state index in [0.717, 1.165) is 22.7 Å². The van der Waals surface area contributed by atoms with E-state index in [0.29, 0.717) is 30.1 Å². The number of aliphatic imine (C=N–C) groups is 1. The first-order chi connectivity index (χ1) is 14.2. The number of fused-ring (bicyclic) bond motifs is 1. The van der Waals surface area contributed by atoms with E-state index in [4.69, 9.17) is 0 Å². The number of aromatic nitrogens is 1. The minimum atomic E-state index is -3.24. The lowest BCUT2D eigenvalue weighted by Crippen LogP contribution is -2.38. The van der Waals surface area contributed by atoms with Gasteiger partial charge in [-0.2, -0.15) is 0 Å². The van der Waals surface area contributed by atoms with E-state index in [2.05, 4.69) is 20.6 Å². The van der Waals surface area contributed by atoms with Gasteiger partial charge in [-0.1, -0.05) is 6.07 Å². The van der Waals surface area contributed by atoms with Crippen molar-refractivity contribution in [1.29, 1.82) is 0 Å². The third-order valence-electron chi connectivity index (χ3n) is 4.67. The molecule has 3 rings (SSSR count). The average molecular weight is 562 g/mol. The molecule has 31 heavy (non-hydrogen) atoms. The van der Waals surface area contributed by atoms with Crippen molar-refractivity contribution in [2.24, 2.45) is 4.99 Å². The van der Waals surface area contributed by atoms with E-state index in [1.165, 1.54) is 30.3 Å². The van der Waals surface area contributed by atoms with E-state index in [1.54, 1.807) is 13.1 Å². The standard InChI is InChI=1S/C21H24F2N4O2S.HI/c1-24-21(25-8-7-14-11-26-20-6-5-18(23)10-19(14)20)27-12-16-9-17(22)4-3-15(16)13-30(2,28)29;/h3-6,9-11,26H,7-8,12-13H2,1-2H3,(H2,24,25,27);1H. The lowest BCUT2D eigenvalue weighted by Gasteiger charge is -2.14. The summed E-state index contributed by atoms with van der Waals surface area (Å²) in [6.07, 6.45) is 3.64. The minimum Gasteiger partial charge on any atom is -0.361 e. The van der Waals surface area contributed by atoms with E-state index >= 15 is 0 Å². The maximum absolute atomic E-state index is 13.6. The summed E-state index contributed by atoms with van der Waals surface area (Å²) in [6.45, 7) is 0.767. The van der Waals surface area contributed by atoms with Crippen LogP contribution in [0.4, 0.5) is 8.78 Å². The average Bonchev–Trinajstić information content (AvgIpc) is 3.07. The fraction of sp³-hybridized carbons (Fsp3) is 0.286. The predicted molar refractivity (Wildman–Crippen MR) is 131 cm³/mol. The van der Waals surface area contributed by atoms with Crippen LogP contribution >= 0.6 is 24.0 Å². The summed E-state index contributed by atoms with van der Waals surface area (Å²) in [5, 5.41) is 7.07. The molecule has 10 heteroatoms. The second-order valence-electron chi connectivity index (χ2n) is 7.09. The monoisotopic (exact) mass is 562 g/mol. The molecular formula is C21H25F2IN4O2S. The Balaban J connectivity index is 0.00000341. The predicted octanol–water partition coefficient (Wildman–Crippen LogP) is 3.52. The van der Waals surface area contributed by atoms with Crippen molar-refractivity contribution in [3.8, 4) is 0 Å². The first-order valence-electron chi connectivity index (χ1n) is 9.40. The molecule has 0 radical (unpaired) electrons. The number of aromatic amines is 1. The normalized spacial score (nSPS) is 11.9. The summed E-state index contributed by atoms with van der Waals surface area (Å²) in [7, 11) is -1.63. The van der Waals surface area contributed by atoms with Crippen molar-refractivity contribution >= 4 is 50.7 Å². The van der Waals surface area contributed by atoms with Gasteiger partial charge in [0.05, 0.1) is 5.75 Å². The molecule has 168 valence electrons. The number of hydrogen-bond acceptors (Lipinski definition) is 3. The van der Waals surface area contributed by atoms with Crippen molar-refractivity contribution in [3.05, 3.63) is 70.9 Å². The van der Waals surface area contributed by atoms with Crippen molar-refractivity contribution in [1.82, 2.24) is 15.6 Å². The second kappa shape index (κ2) is 10.9. The molecule has 0 atom stereocenters. The molecule has 0 amide bonds. The van der Waals surface area contributed by atoms with Crippen LogP contribution in [0.2, 0.25) is 0 Å². The summed E-state index contributed by atoms with van der Waals surface area (Å²) in [5.74, 6) is -0.379. The Kier molecular flexibility index (Phi) is 8.80. The highest BCUT2D eigenvalue weighted by atomic mass is 127. The van der Waals surface area contributed by atoms with Crippen LogP contribution in [0.1, 0.15) is 16.7 Å². The van der Waals surface area contributed by atoms with Gasteiger partial charge in [0.1, 0.15) is 11.6 Å². The molecular weight excluding hydrogens is 537 g/mol. The topological polar surface area (TPSA) is 86.3 Å². The molecule has 0 bridgehead atoms. The molecule has 1 aromatic heterocycles. The van der Waals surface area contributed by atoms with Crippen LogP contribution in [-0.2, 0) is 28.6 Å². The first kappa shape index (κ1) is 25.1. The molecule has 0 saturated heterocycles. The maximum Gasteiger partial charge on any atom is 0.191 e. The molecule has 0 saturated carbocycles. The Morgan fingerprint density at radius 2 is 1.74 bits per heavy atom. The fourth-order valence-corrected chi connectivity index (χ4v) is 4.10. The zero-order valence-corrected chi connectivity index (χ0v) is 20.4. The van der Waals surface area contributed by atoms with Crippen LogP contribution in [0.15, 0.2) is 47.6 Å². The van der Waals surface area contributed by atoms with Gasteiger partial charge in [0.15, 0.2) is 15.8 Å². The Morgan fingerprint density at radius 3 is 2.45 bits per heavy atom. The Hall–Kier alpha value is -2.21. The molecule has 2 aromatic carbocycles. The van der Waals surface area contributed by atoms with Gasteiger partial charge in [0, 0.05) is 43.5 Å². The molecule has 3 N–H and O–H groups in total. The van der Waals surface area contributed by atoms with Gasteiger partial charge in [0.25, 0.3) is 0 Å². The van der Waals surface area contributed by atoms with Gasteiger partial charge in [-0.15, -0.1) is 24.0 Å². The third kappa shape index (κ3) is 7.17. The number of H-pyrrole nitrogens is 1. The van der Waals surface area contributed by atoms with Gasteiger partial charge < -0.3 is 15.6 Å². The fourth-order valence-electron chi connectivity index (χ4n) is 3.25. The lowest BCUT2D eigenvalue weighted by atomic mass is 10.1. The number of benzene rings is 2. The summed E-state index contributed by atoms with van der Waals surface area (Å²) >= 11 is 0. The zero-order valence-electron chi connectivity index (χ0n) is 17.2. The Morgan fingerprint density at radius 1 is 1.03 bits per heavy atom. The quantitative estimate of drug-likeness (QED) is 0.234. The van der Waals surface area contributed by atoms with Crippen LogP contribution < -0.4 is 10.6 Å². The van der Waals surface area contributed by atoms with Gasteiger partial charge in [-0.05, 0) is 53.4 Å². The van der Waals surface area contributed by atoms with Crippen molar-refractivity contribution in [3.63, 3.8) is 0 Å². The number of halogens is 3. The largest absolute Gasteiger partial charge is 0.361 e. The molecule has 1 heterocycles. The molecule has 0 unspecified atom stereocenters. The van der Waals surface area contributed by atoms with E-state index in [9.17, 15) is 17.2 Å². The van der Waals surface area contributed by atoms with Gasteiger partial charge >= 0.3 is 0 Å². The van der Waals surface area contributed by atoms with E-state index < -0.39 is 15.7 Å².